The van der Waals surface area contributed by atoms with Crippen molar-refractivity contribution in [3.05, 3.63) is 84.9 Å². The van der Waals surface area contributed by atoms with Crippen LogP contribution in [0, 0.1) is 0 Å². The van der Waals surface area contributed by atoms with Crippen LogP contribution in [0.5, 0.6) is 0 Å². The van der Waals surface area contributed by atoms with E-state index in [1.807, 2.05) is 0 Å². The summed E-state index contributed by atoms with van der Waals surface area (Å²) in [4.78, 5) is 1.46. The Morgan fingerprint density at radius 2 is 1.07 bits per heavy atom. The second-order valence-electron chi connectivity index (χ2n) is 7.80. The summed E-state index contributed by atoms with van der Waals surface area (Å²) in [6.07, 6.45) is 11.1. The van der Waals surface area contributed by atoms with E-state index in [1.165, 1.54) is 77.9 Å². The van der Waals surface area contributed by atoms with Gasteiger partial charge in [0.15, 0.2) is 0 Å². The van der Waals surface area contributed by atoms with Crippen LogP contribution >= 0.6 is 19.7 Å². The van der Waals surface area contributed by atoms with E-state index in [0.29, 0.717) is 0 Å². The van der Waals surface area contributed by atoms with Crippen molar-refractivity contribution in [1.29, 1.82) is 0 Å². The van der Waals surface area contributed by atoms with Gasteiger partial charge in [0, 0.05) is 4.90 Å². The molecule has 3 aromatic carbocycles. The molecule has 0 aromatic heterocycles. The van der Waals surface area contributed by atoms with Crippen LogP contribution in [0.1, 0.15) is 58.3 Å². The normalized spacial score (nSPS) is 11.1. The van der Waals surface area contributed by atoms with E-state index >= 15 is 0 Å². The van der Waals surface area contributed by atoms with Gasteiger partial charge in [-0.3, -0.25) is 0 Å². The zero-order valence-electron chi connectivity index (χ0n) is 18.3. The summed E-state index contributed by atoms with van der Waals surface area (Å²) in [6, 6.07) is 31.2. The lowest BCUT2D eigenvalue weighted by Gasteiger charge is -2.22. The van der Waals surface area contributed by atoms with Gasteiger partial charge in [-0.15, -0.1) is 11.8 Å². The number of unbranched alkanes of at least 4 members (excludes halogenated alkanes) is 7. The molecule has 3 aromatic rings. The third-order valence-corrected chi connectivity index (χ3v) is 9.20. The highest BCUT2D eigenvalue weighted by Crippen LogP contribution is 2.36. The maximum atomic E-state index is 2.35. The van der Waals surface area contributed by atoms with Gasteiger partial charge in [-0.05, 0) is 42.1 Å². The van der Waals surface area contributed by atoms with Crippen LogP contribution in [0.4, 0.5) is 0 Å². The summed E-state index contributed by atoms with van der Waals surface area (Å²) in [7, 11) is -0.524. The third kappa shape index (κ3) is 7.29. The van der Waals surface area contributed by atoms with E-state index in [1.54, 1.807) is 0 Å². The van der Waals surface area contributed by atoms with Gasteiger partial charge in [0.25, 0.3) is 0 Å². The molecule has 0 amide bonds. The fourth-order valence-corrected chi connectivity index (χ4v) is 7.52. The first-order valence-corrected chi connectivity index (χ1v) is 13.8. The molecule has 0 bridgehead atoms. The molecule has 3 rings (SSSR count). The van der Waals surface area contributed by atoms with Crippen molar-refractivity contribution in [2.75, 3.05) is 5.75 Å². The first-order chi connectivity index (χ1) is 14.9. The Morgan fingerprint density at radius 1 is 0.567 bits per heavy atom. The number of rotatable bonds is 13. The first kappa shape index (κ1) is 23.1. The maximum absolute atomic E-state index is 2.35. The summed E-state index contributed by atoms with van der Waals surface area (Å²) < 4.78 is 0. The third-order valence-electron chi connectivity index (χ3n) is 5.39. The average Bonchev–Trinajstić information content (AvgIpc) is 2.80. The molecule has 0 aliphatic rings. The van der Waals surface area contributed by atoms with Gasteiger partial charge in [0.2, 0.25) is 0 Å². The molecule has 0 N–H and O–H groups in total. The zero-order chi connectivity index (χ0) is 20.9. The molecule has 0 saturated heterocycles. The lowest BCUT2D eigenvalue weighted by Crippen LogP contribution is -2.21. The fourth-order valence-electron chi connectivity index (χ4n) is 3.76. The van der Waals surface area contributed by atoms with Crippen LogP contribution in [0.3, 0.4) is 0 Å². The van der Waals surface area contributed by atoms with E-state index in [0.717, 1.165) is 0 Å². The molecule has 0 nitrogen and oxygen atoms in total. The van der Waals surface area contributed by atoms with Crippen LogP contribution in [-0.2, 0) is 0 Å². The highest BCUT2D eigenvalue weighted by molar-refractivity contribution is 8.00. The topological polar surface area (TPSA) is 0 Å². The smallest absolute Gasteiger partial charge is 0.0155 e. The standard InChI is InChI=1S/C28H35PS/c1-2-3-4-5-6-7-8-17-24-30-28-23-16-15-22-27(28)29(25-18-11-9-12-19-25)26-20-13-10-14-21-26/h9-16,18-23H,2-8,17,24H2,1H3. The van der Waals surface area contributed by atoms with E-state index in [2.05, 4.69) is 104 Å². The number of hydrogen-bond acceptors (Lipinski definition) is 1. The summed E-state index contributed by atoms with van der Waals surface area (Å²) in [5.41, 5.74) is 0. The summed E-state index contributed by atoms with van der Waals surface area (Å²) in [5.74, 6) is 1.22. The molecule has 0 unspecified atom stereocenters. The lowest BCUT2D eigenvalue weighted by molar-refractivity contribution is 0.586. The van der Waals surface area contributed by atoms with Gasteiger partial charge >= 0.3 is 0 Å². The number of benzene rings is 3. The van der Waals surface area contributed by atoms with E-state index < -0.39 is 7.92 Å². The van der Waals surface area contributed by atoms with Crippen LogP contribution in [0.2, 0.25) is 0 Å². The predicted octanol–water partition coefficient (Wildman–Crippen LogP) is 7.68. The molecule has 0 aliphatic heterocycles. The van der Waals surface area contributed by atoms with E-state index in [-0.39, 0.29) is 0 Å². The van der Waals surface area contributed by atoms with Gasteiger partial charge < -0.3 is 0 Å². The molecule has 0 spiro atoms. The van der Waals surface area contributed by atoms with E-state index in [4.69, 9.17) is 0 Å². The highest BCUT2D eigenvalue weighted by Gasteiger charge is 2.19. The molecule has 0 radical (unpaired) electrons. The van der Waals surface area contributed by atoms with Gasteiger partial charge in [0.05, 0.1) is 0 Å². The number of hydrogen-bond donors (Lipinski definition) is 0. The summed E-state index contributed by atoms with van der Waals surface area (Å²) >= 11 is 2.05. The van der Waals surface area contributed by atoms with Crippen molar-refractivity contribution in [1.82, 2.24) is 0 Å². The van der Waals surface area contributed by atoms with E-state index in [9.17, 15) is 0 Å². The molecule has 30 heavy (non-hydrogen) atoms. The van der Waals surface area contributed by atoms with Gasteiger partial charge in [-0.2, -0.15) is 0 Å². The molecule has 0 atom stereocenters. The Morgan fingerprint density at radius 3 is 1.67 bits per heavy atom. The quantitative estimate of drug-likeness (QED) is 0.151. The van der Waals surface area contributed by atoms with Crippen molar-refractivity contribution in [3.63, 3.8) is 0 Å². The predicted molar refractivity (Wildman–Crippen MR) is 138 cm³/mol. The first-order valence-electron chi connectivity index (χ1n) is 11.5. The maximum Gasteiger partial charge on any atom is 0.0155 e. The fraction of sp³-hybridized carbons (Fsp3) is 0.357. The van der Waals surface area contributed by atoms with Crippen molar-refractivity contribution >= 4 is 35.6 Å². The Hall–Kier alpha value is -1.56. The molecular formula is C28H35PS. The minimum Gasteiger partial charge on any atom is -0.125 e. The largest absolute Gasteiger partial charge is 0.125 e. The Balaban J connectivity index is 1.64. The second-order valence-corrected chi connectivity index (χ2v) is 11.1. The SMILES string of the molecule is CCCCCCCCCCSc1ccccc1P(c1ccccc1)c1ccccc1. The summed E-state index contributed by atoms with van der Waals surface area (Å²) in [6.45, 7) is 2.29. The van der Waals surface area contributed by atoms with Crippen molar-refractivity contribution in [2.24, 2.45) is 0 Å². The molecule has 0 fully saturated rings. The average molecular weight is 435 g/mol. The second kappa shape index (κ2) is 13.7. The Labute approximate surface area is 189 Å². The molecule has 0 heterocycles. The van der Waals surface area contributed by atoms with Crippen LogP contribution < -0.4 is 15.9 Å². The van der Waals surface area contributed by atoms with Gasteiger partial charge in [-0.1, -0.05) is 131 Å². The Kier molecular flexibility index (Phi) is 10.5. The van der Waals surface area contributed by atoms with Gasteiger partial charge in [-0.25, -0.2) is 0 Å². The highest BCUT2D eigenvalue weighted by atomic mass is 32.2. The van der Waals surface area contributed by atoms with Crippen molar-refractivity contribution < 1.29 is 0 Å². The monoisotopic (exact) mass is 434 g/mol. The van der Waals surface area contributed by atoms with Crippen molar-refractivity contribution in [3.8, 4) is 0 Å². The van der Waals surface area contributed by atoms with Gasteiger partial charge in [0.1, 0.15) is 0 Å². The van der Waals surface area contributed by atoms with Crippen LogP contribution in [0.15, 0.2) is 89.8 Å². The summed E-state index contributed by atoms with van der Waals surface area (Å²) in [5, 5.41) is 4.35. The van der Waals surface area contributed by atoms with Crippen LogP contribution in [-0.4, -0.2) is 5.75 Å². The van der Waals surface area contributed by atoms with Crippen LogP contribution in [0.25, 0.3) is 0 Å². The van der Waals surface area contributed by atoms with Crippen molar-refractivity contribution in [2.45, 2.75) is 63.2 Å². The molecular weight excluding hydrogens is 399 g/mol. The molecule has 0 saturated carbocycles. The lowest BCUT2D eigenvalue weighted by atomic mass is 10.1. The molecule has 0 aliphatic carbocycles. The Bertz CT molecular complexity index is 792. The molecule has 2 heteroatoms. The minimum absolute atomic E-state index is 0.524. The minimum atomic E-state index is -0.524. The number of thioether (sulfide) groups is 1. The molecule has 158 valence electrons. The zero-order valence-corrected chi connectivity index (χ0v) is 20.0.